The van der Waals surface area contributed by atoms with Gasteiger partial charge in [0.1, 0.15) is 11.5 Å². The van der Waals surface area contributed by atoms with Crippen molar-refractivity contribution in [3.8, 4) is 11.6 Å². The molecule has 0 bridgehead atoms. The number of hydrogen-bond acceptors (Lipinski definition) is 6. The van der Waals surface area contributed by atoms with Crippen LogP contribution < -0.4 is 9.47 Å². The molecule has 1 atom stereocenters. The quantitative estimate of drug-likeness (QED) is 0.797. The average Bonchev–Trinajstić information content (AvgIpc) is 2.49. The van der Waals surface area contributed by atoms with Crippen LogP contribution >= 0.6 is 11.6 Å². The van der Waals surface area contributed by atoms with Crippen molar-refractivity contribution >= 4 is 22.5 Å². The molecule has 3 rings (SSSR count). The summed E-state index contributed by atoms with van der Waals surface area (Å²) in [5.41, 5.74) is 0.400. The Morgan fingerprint density at radius 2 is 2.13 bits per heavy atom. The van der Waals surface area contributed by atoms with Crippen molar-refractivity contribution in [1.29, 1.82) is 0 Å². The van der Waals surface area contributed by atoms with Crippen molar-refractivity contribution in [3.05, 3.63) is 17.7 Å². The van der Waals surface area contributed by atoms with Crippen LogP contribution in [0, 0.1) is 0 Å². The Morgan fingerprint density at radius 1 is 1.35 bits per heavy atom. The molecule has 2 aromatic heterocycles. The molecule has 3 heterocycles. The summed E-state index contributed by atoms with van der Waals surface area (Å²) in [6.45, 7) is 0.132. The van der Waals surface area contributed by atoms with E-state index < -0.39 is 12.0 Å². The summed E-state index contributed by atoms with van der Waals surface area (Å²) in [6, 6.07) is 0. The summed E-state index contributed by atoms with van der Waals surface area (Å²) < 4.78 is 39.2. The number of pyridine rings is 1. The Hall–Kier alpha value is -1.80. The molecule has 9 heteroatoms. The third-order valence-electron chi connectivity index (χ3n) is 3.73. The van der Waals surface area contributed by atoms with E-state index in [1.807, 2.05) is 0 Å². The fourth-order valence-corrected chi connectivity index (χ4v) is 2.83. The van der Waals surface area contributed by atoms with Gasteiger partial charge in [0, 0.05) is 13.0 Å². The van der Waals surface area contributed by atoms with E-state index in [1.165, 1.54) is 19.6 Å². The first-order valence-corrected chi connectivity index (χ1v) is 7.36. The molecule has 0 aromatic carbocycles. The molecule has 0 spiro atoms. The summed E-state index contributed by atoms with van der Waals surface area (Å²) in [4.78, 5) is 13.5. The molecule has 0 N–H and O–H groups in total. The van der Waals surface area contributed by atoms with Crippen molar-refractivity contribution in [2.45, 2.75) is 18.4 Å². The van der Waals surface area contributed by atoms with Crippen molar-refractivity contribution in [1.82, 2.24) is 19.9 Å². The monoisotopic (exact) mass is 344 g/mol. The molecule has 1 aliphatic rings. The third-order valence-corrected chi connectivity index (χ3v) is 4.02. The first-order valence-electron chi connectivity index (χ1n) is 6.98. The molecule has 0 saturated carbocycles. The molecule has 0 amide bonds. The first kappa shape index (κ1) is 16.1. The molecule has 1 aliphatic heterocycles. The average molecular weight is 345 g/mol. The highest BCUT2D eigenvalue weighted by Gasteiger charge is 2.46. The summed E-state index contributed by atoms with van der Waals surface area (Å²) in [7, 11) is 3.03. The van der Waals surface area contributed by atoms with Gasteiger partial charge >= 0.3 is 0 Å². The molecule has 23 heavy (non-hydrogen) atoms. The van der Waals surface area contributed by atoms with Crippen molar-refractivity contribution in [2.24, 2.45) is 0 Å². The van der Waals surface area contributed by atoms with Crippen LogP contribution in [0.25, 0.3) is 10.9 Å². The van der Waals surface area contributed by atoms with Gasteiger partial charge in [0.2, 0.25) is 0 Å². The van der Waals surface area contributed by atoms with Gasteiger partial charge in [-0.1, -0.05) is 11.6 Å². The largest absolute Gasteiger partial charge is 0.478 e. The van der Waals surface area contributed by atoms with E-state index in [4.69, 9.17) is 21.1 Å². The normalized spacial score (nSPS) is 21.3. The fraction of sp³-hybridized carbons (Fsp3) is 0.500. The number of nitrogens with zero attached hydrogens (tertiary/aromatic N) is 4. The van der Waals surface area contributed by atoms with Crippen molar-refractivity contribution in [2.75, 3.05) is 27.2 Å². The summed E-state index contributed by atoms with van der Waals surface area (Å²) in [6.07, 6.45) is 1.58. The van der Waals surface area contributed by atoms with Crippen LogP contribution in [0.3, 0.4) is 0 Å². The van der Waals surface area contributed by atoms with Crippen molar-refractivity contribution < 1.29 is 18.3 Å². The third kappa shape index (κ3) is 3.00. The lowest BCUT2D eigenvalue weighted by molar-refractivity contribution is -0.135. The van der Waals surface area contributed by atoms with E-state index in [9.17, 15) is 8.78 Å². The van der Waals surface area contributed by atoms with Crippen molar-refractivity contribution in [3.63, 3.8) is 0 Å². The number of aromatic nitrogens is 3. The topological polar surface area (TPSA) is 60.4 Å². The smallest absolute Gasteiger partial charge is 0.296 e. The van der Waals surface area contributed by atoms with Crippen LogP contribution in [-0.2, 0) is 0 Å². The van der Waals surface area contributed by atoms with E-state index in [0.717, 1.165) is 0 Å². The Bertz CT molecular complexity index is 731. The maximum Gasteiger partial charge on any atom is 0.296 e. The number of halogens is 3. The number of methoxy groups -OCH3 is 1. The predicted molar refractivity (Wildman–Crippen MR) is 80.4 cm³/mol. The van der Waals surface area contributed by atoms with Crippen LogP contribution in [-0.4, -0.2) is 59.1 Å². The van der Waals surface area contributed by atoms with Gasteiger partial charge < -0.3 is 14.4 Å². The zero-order valence-corrected chi connectivity index (χ0v) is 13.3. The lowest BCUT2D eigenvalue weighted by atomic mass is 10.0. The van der Waals surface area contributed by atoms with E-state index in [-0.39, 0.29) is 29.7 Å². The number of piperidine rings is 1. The minimum absolute atomic E-state index is 0.0461. The predicted octanol–water partition coefficient (Wildman–Crippen LogP) is 2.41. The Balaban J connectivity index is 2.05. The zero-order valence-electron chi connectivity index (χ0n) is 12.6. The van der Waals surface area contributed by atoms with E-state index in [1.54, 1.807) is 11.9 Å². The van der Waals surface area contributed by atoms with E-state index in [2.05, 4.69) is 15.0 Å². The zero-order chi connectivity index (χ0) is 16.6. The molecular formula is C14H15ClF2N4O2. The molecule has 1 saturated heterocycles. The summed E-state index contributed by atoms with van der Waals surface area (Å²) >= 11 is 6.09. The van der Waals surface area contributed by atoms with E-state index in [0.29, 0.717) is 17.4 Å². The lowest BCUT2D eigenvalue weighted by Crippen LogP contribution is -2.52. The van der Waals surface area contributed by atoms with Gasteiger partial charge in [-0.25, -0.2) is 23.7 Å². The minimum atomic E-state index is -3.00. The second kappa shape index (κ2) is 6.01. The fourth-order valence-electron chi connectivity index (χ4n) is 2.60. The van der Waals surface area contributed by atoms with Crippen LogP contribution in [0.2, 0.25) is 5.15 Å². The Morgan fingerprint density at radius 3 is 2.83 bits per heavy atom. The van der Waals surface area contributed by atoms with Gasteiger partial charge in [0.05, 0.1) is 30.8 Å². The molecule has 0 unspecified atom stereocenters. The maximum atomic E-state index is 14.2. The highest BCUT2D eigenvalue weighted by Crippen LogP contribution is 2.39. The lowest BCUT2D eigenvalue weighted by Gasteiger charge is -2.36. The number of rotatable bonds is 3. The number of fused-ring (bicyclic) bond motifs is 1. The Labute approximate surface area is 136 Å². The maximum absolute atomic E-state index is 14.2. The molecule has 1 fully saturated rings. The second-order valence-electron chi connectivity index (χ2n) is 5.42. The van der Waals surface area contributed by atoms with Crippen LogP contribution in [0.5, 0.6) is 11.6 Å². The highest BCUT2D eigenvalue weighted by atomic mass is 35.5. The van der Waals surface area contributed by atoms with Crippen LogP contribution in [0.15, 0.2) is 12.5 Å². The van der Waals surface area contributed by atoms with Gasteiger partial charge in [0.25, 0.3) is 11.8 Å². The highest BCUT2D eigenvalue weighted by molar-refractivity contribution is 6.34. The molecular weight excluding hydrogens is 330 g/mol. The summed E-state index contributed by atoms with van der Waals surface area (Å²) in [5, 5.41) is 0.415. The van der Waals surface area contributed by atoms with Gasteiger partial charge in [-0.2, -0.15) is 0 Å². The first-order chi connectivity index (χ1) is 10.9. The van der Waals surface area contributed by atoms with Gasteiger partial charge in [-0.3, -0.25) is 0 Å². The van der Waals surface area contributed by atoms with Gasteiger partial charge in [-0.05, 0) is 7.05 Å². The molecule has 0 radical (unpaired) electrons. The van der Waals surface area contributed by atoms with Gasteiger partial charge in [0.15, 0.2) is 11.9 Å². The molecule has 6 nitrogen and oxygen atoms in total. The molecule has 0 aliphatic carbocycles. The SMILES string of the molecule is COc1ncc2ncnc(Cl)c2c1O[C@@H]1CCN(C)CC1(F)F. The Kier molecular flexibility index (Phi) is 4.20. The number of hydrogen-bond donors (Lipinski definition) is 0. The molecule has 124 valence electrons. The van der Waals surface area contributed by atoms with E-state index >= 15 is 0 Å². The molecule has 2 aromatic rings. The van der Waals surface area contributed by atoms with Gasteiger partial charge in [-0.15, -0.1) is 0 Å². The number of alkyl halides is 2. The minimum Gasteiger partial charge on any atom is -0.478 e. The van der Waals surface area contributed by atoms with Crippen LogP contribution in [0.4, 0.5) is 8.78 Å². The standard InChI is InChI=1S/C14H15ClF2N4O2/c1-21-4-3-9(14(16,17)6-21)23-11-10-8(5-18-13(11)22-2)19-7-20-12(10)15/h5,7,9H,3-4,6H2,1-2H3/t9-/m1/s1. The number of likely N-dealkylation sites (tertiary alicyclic amines) is 1. The second-order valence-corrected chi connectivity index (χ2v) is 5.77. The summed E-state index contributed by atoms with van der Waals surface area (Å²) in [5.74, 6) is -2.88. The number of ether oxygens (including phenoxy) is 2. The van der Waals surface area contributed by atoms with Crippen LogP contribution in [0.1, 0.15) is 6.42 Å².